The fourth-order valence-corrected chi connectivity index (χ4v) is 2.86. The van der Waals surface area contributed by atoms with Gasteiger partial charge in [0.15, 0.2) is 5.96 Å². The lowest BCUT2D eigenvalue weighted by Gasteiger charge is -2.13. The van der Waals surface area contributed by atoms with Crippen molar-refractivity contribution < 1.29 is 4.74 Å². The van der Waals surface area contributed by atoms with Gasteiger partial charge in [-0.1, -0.05) is 24.3 Å². The molecule has 140 valence electrons. The van der Waals surface area contributed by atoms with Crippen molar-refractivity contribution in [2.45, 2.75) is 32.8 Å². The molecule has 1 atom stereocenters. The first-order valence-corrected chi connectivity index (χ1v) is 8.93. The lowest BCUT2D eigenvalue weighted by Crippen LogP contribution is -2.39. The predicted molar refractivity (Wildman–Crippen MR) is 117 cm³/mol. The Bertz CT molecular complexity index is 693. The quantitative estimate of drug-likeness (QED) is 0.390. The minimum atomic E-state index is 0. The van der Waals surface area contributed by atoms with Gasteiger partial charge in [-0.2, -0.15) is 0 Å². The van der Waals surface area contributed by atoms with Crippen LogP contribution in [0.1, 0.15) is 23.7 Å². The molecule has 0 saturated carbocycles. The highest BCUT2D eigenvalue weighted by atomic mass is 127. The minimum absolute atomic E-state index is 0. The normalized spacial score (nSPS) is 15.6. The molecule has 0 aliphatic carbocycles. The second-order valence-corrected chi connectivity index (χ2v) is 6.26. The molecule has 1 aromatic carbocycles. The van der Waals surface area contributed by atoms with E-state index in [9.17, 15) is 0 Å². The number of pyridine rings is 1. The second kappa shape index (κ2) is 10.4. The van der Waals surface area contributed by atoms with Crippen LogP contribution in [0, 0.1) is 6.92 Å². The molecule has 5 nitrogen and oxygen atoms in total. The Hall–Kier alpha value is -1.83. The van der Waals surface area contributed by atoms with Gasteiger partial charge in [0.25, 0.3) is 0 Å². The Morgan fingerprint density at radius 2 is 2.08 bits per heavy atom. The fraction of sp³-hybridized carbons (Fsp3) is 0.400. The summed E-state index contributed by atoms with van der Waals surface area (Å²) in [7, 11) is 0. The van der Waals surface area contributed by atoms with Crippen molar-refractivity contribution in [1.82, 2.24) is 15.6 Å². The molecule has 3 rings (SSSR count). The van der Waals surface area contributed by atoms with Crippen LogP contribution in [-0.2, 0) is 12.8 Å². The number of hydrogen-bond donors (Lipinski definition) is 2. The SMILES string of the molecule is CCNC(=NCC1Cc2ccccc2O1)NCCc1ccc(C)nc1.I. The summed E-state index contributed by atoms with van der Waals surface area (Å²) in [5.74, 6) is 1.83. The first-order chi connectivity index (χ1) is 12.2. The van der Waals surface area contributed by atoms with Crippen LogP contribution in [0.25, 0.3) is 0 Å². The highest BCUT2D eigenvalue weighted by Crippen LogP contribution is 2.28. The summed E-state index contributed by atoms with van der Waals surface area (Å²) in [5.41, 5.74) is 3.54. The van der Waals surface area contributed by atoms with Gasteiger partial charge in [-0.3, -0.25) is 4.98 Å². The van der Waals surface area contributed by atoms with Gasteiger partial charge < -0.3 is 15.4 Å². The number of aliphatic imine (C=N–C) groups is 1. The van der Waals surface area contributed by atoms with Crippen molar-refractivity contribution in [2.24, 2.45) is 4.99 Å². The highest BCUT2D eigenvalue weighted by molar-refractivity contribution is 14.0. The van der Waals surface area contributed by atoms with Crippen LogP contribution in [0.5, 0.6) is 5.75 Å². The first-order valence-electron chi connectivity index (χ1n) is 8.93. The van der Waals surface area contributed by atoms with Gasteiger partial charge in [0.2, 0.25) is 0 Å². The van der Waals surface area contributed by atoms with E-state index in [1.54, 1.807) is 0 Å². The van der Waals surface area contributed by atoms with Crippen molar-refractivity contribution >= 4 is 29.9 Å². The summed E-state index contributed by atoms with van der Waals surface area (Å²) >= 11 is 0. The molecule has 1 aromatic heterocycles. The fourth-order valence-electron chi connectivity index (χ4n) is 2.86. The maximum atomic E-state index is 5.95. The average molecular weight is 466 g/mol. The van der Waals surface area contributed by atoms with E-state index >= 15 is 0 Å². The lowest BCUT2D eigenvalue weighted by molar-refractivity contribution is 0.241. The first kappa shape index (κ1) is 20.5. The van der Waals surface area contributed by atoms with E-state index in [0.29, 0.717) is 6.54 Å². The lowest BCUT2D eigenvalue weighted by atomic mass is 10.1. The van der Waals surface area contributed by atoms with Crippen molar-refractivity contribution in [3.63, 3.8) is 0 Å². The highest BCUT2D eigenvalue weighted by Gasteiger charge is 2.21. The molecule has 0 saturated heterocycles. The Balaban J connectivity index is 0.00000243. The van der Waals surface area contributed by atoms with E-state index in [2.05, 4.69) is 45.7 Å². The molecule has 1 aliphatic rings. The smallest absolute Gasteiger partial charge is 0.191 e. The average Bonchev–Trinajstić information content (AvgIpc) is 3.04. The van der Waals surface area contributed by atoms with E-state index in [-0.39, 0.29) is 30.1 Å². The Morgan fingerprint density at radius 1 is 1.23 bits per heavy atom. The molecular weight excluding hydrogens is 439 g/mol. The molecule has 2 aromatic rings. The molecule has 2 N–H and O–H groups in total. The molecule has 0 amide bonds. The molecular formula is C20H27IN4O. The molecule has 2 heterocycles. The maximum absolute atomic E-state index is 5.95. The van der Waals surface area contributed by atoms with Gasteiger partial charge in [0.05, 0.1) is 6.54 Å². The van der Waals surface area contributed by atoms with E-state index < -0.39 is 0 Å². The standard InChI is InChI=1S/C20H26N4O.HI/c1-3-21-20(22-11-10-16-9-8-15(2)23-13-16)24-14-18-12-17-6-4-5-7-19(17)25-18;/h4-9,13,18H,3,10-12,14H2,1-2H3,(H2,21,22,24);1H. The van der Waals surface area contributed by atoms with Gasteiger partial charge in [0, 0.05) is 31.4 Å². The molecule has 26 heavy (non-hydrogen) atoms. The molecule has 1 aliphatic heterocycles. The molecule has 6 heteroatoms. The molecule has 0 radical (unpaired) electrons. The number of hydrogen-bond acceptors (Lipinski definition) is 3. The van der Waals surface area contributed by atoms with Crippen molar-refractivity contribution in [1.29, 1.82) is 0 Å². The van der Waals surface area contributed by atoms with Gasteiger partial charge >= 0.3 is 0 Å². The van der Waals surface area contributed by atoms with Crippen LogP contribution in [0.3, 0.4) is 0 Å². The number of guanidine groups is 1. The third kappa shape index (κ3) is 5.86. The number of benzene rings is 1. The Kier molecular flexibility index (Phi) is 8.15. The monoisotopic (exact) mass is 466 g/mol. The number of halogens is 1. The van der Waals surface area contributed by atoms with Gasteiger partial charge in [-0.25, -0.2) is 4.99 Å². The summed E-state index contributed by atoms with van der Waals surface area (Å²) in [6.45, 7) is 6.38. The Labute approximate surface area is 172 Å². The minimum Gasteiger partial charge on any atom is -0.488 e. The third-order valence-electron chi connectivity index (χ3n) is 4.19. The van der Waals surface area contributed by atoms with Crippen molar-refractivity contribution in [2.75, 3.05) is 19.6 Å². The summed E-state index contributed by atoms with van der Waals surface area (Å²) in [5, 5.41) is 6.68. The van der Waals surface area contributed by atoms with E-state index in [0.717, 1.165) is 43.3 Å². The summed E-state index contributed by atoms with van der Waals surface area (Å²) in [4.78, 5) is 9.01. The Morgan fingerprint density at radius 3 is 2.81 bits per heavy atom. The van der Waals surface area contributed by atoms with Gasteiger partial charge in [-0.05, 0) is 43.5 Å². The van der Waals surface area contributed by atoms with Crippen LogP contribution < -0.4 is 15.4 Å². The van der Waals surface area contributed by atoms with Gasteiger partial charge in [-0.15, -0.1) is 24.0 Å². The largest absolute Gasteiger partial charge is 0.488 e. The summed E-state index contributed by atoms with van der Waals surface area (Å²) in [6.07, 6.45) is 3.90. The van der Waals surface area contributed by atoms with E-state index in [1.807, 2.05) is 31.3 Å². The summed E-state index contributed by atoms with van der Waals surface area (Å²) < 4.78 is 5.95. The number of nitrogens with one attached hydrogen (secondary N) is 2. The predicted octanol–water partition coefficient (Wildman–Crippen LogP) is 3.11. The number of fused-ring (bicyclic) bond motifs is 1. The summed E-state index contributed by atoms with van der Waals surface area (Å²) in [6, 6.07) is 12.4. The number of aryl methyl sites for hydroxylation is 1. The molecule has 0 bridgehead atoms. The topological polar surface area (TPSA) is 58.5 Å². The van der Waals surface area contributed by atoms with Crippen LogP contribution in [0.4, 0.5) is 0 Å². The van der Waals surface area contributed by atoms with Crippen LogP contribution >= 0.6 is 24.0 Å². The zero-order valence-electron chi connectivity index (χ0n) is 15.4. The third-order valence-corrected chi connectivity index (χ3v) is 4.19. The molecule has 0 fully saturated rings. The second-order valence-electron chi connectivity index (χ2n) is 6.26. The van der Waals surface area contributed by atoms with E-state index in [1.165, 1.54) is 11.1 Å². The zero-order valence-corrected chi connectivity index (χ0v) is 17.7. The number of ether oxygens (including phenoxy) is 1. The number of para-hydroxylation sites is 1. The van der Waals surface area contributed by atoms with Gasteiger partial charge in [0.1, 0.15) is 11.9 Å². The molecule has 1 unspecified atom stereocenters. The van der Waals surface area contributed by atoms with E-state index in [4.69, 9.17) is 4.74 Å². The van der Waals surface area contributed by atoms with Crippen molar-refractivity contribution in [3.05, 3.63) is 59.4 Å². The van der Waals surface area contributed by atoms with Crippen molar-refractivity contribution in [3.8, 4) is 5.75 Å². The maximum Gasteiger partial charge on any atom is 0.191 e. The van der Waals surface area contributed by atoms with Crippen LogP contribution in [-0.4, -0.2) is 36.7 Å². The number of aromatic nitrogens is 1. The van der Waals surface area contributed by atoms with Crippen LogP contribution in [0.15, 0.2) is 47.6 Å². The van der Waals surface area contributed by atoms with Crippen LogP contribution in [0.2, 0.25) is 0 Å². The molecule has 0 spiro atoms. The number of nitrogens with zero attached hydrogens (tertiary/aromatic N) is 2. The zero-order chi connectivity index (χ0) is 17.5. The number of rotatable bonds is 6.